The van der Waals surface area contributed by atoms with Gasteiger partial charge in [0.15, 0.2) is 10.8 Å². The first-order valence-corrected chi connectivity index (χ1v) is 10.6. The van der Waals surface area contributed by atoms with E-state index < -0.39 is 17.6 Å². The smallest absolute Gasteiger partial charge is 0.330 e. The number of nitrogens with one attached hydrogen (secondary N) is 2. The molecule has 0 spiro atoms. The highest BCUT2D eigenvalue weighted by Gasteiger charge is 2.21. The molecule has 0 saturated carbocycles. The predicted molar refractivity (Wildman–Crippen MR) is 129 cm³/mol. The number of aryl methyl sites for hydroxylation is 1. The molecule has 2 heterocycles. The molecule has 0 unspecified atom stereocenters. The van der Waals surface area contributed by atoms with Crippen LogP contribution in [0.15, 0.2) is 64.5 Å². The molecule has 3 N–H and O–H groups in total. The highest BCUT2D eigenvalue weighted by molar-refractivity contribution is 7.71. The fourth-order valence-corrected chi connectivity index (χ4v) is 3.95. The number of fused-ring (bicyclic) bond motifs is 1. The van der Waals surface area contributed by atoms with Gasteiger partial charge in [-0.2, -0.15) is 0 Å². The first-order valence-electron chi connectivity index (χ1n) is 10.2. The molecule has 4 rings (SSSR count). The fraction of sp³-hybridized carbons (Fsp3) is 0.167. The van der Waals surface area contributed by atoms with E-state index in [4.69, 9.17) is 17.0 Å². The van der Waals surface area contributed by atoms with Gasteiger partial charge in [0.2, 0.25) is 5.88 Å². The number of benzene rings is 2. The van der Waals surface area contributed by atoms with Crippen LogP contribution >= 0.6 is 12.2 Å². The van der Waals surface area contributed by atoms with Crippen LogP contribution in [0.25, 0.3) is 16.6 Å². The zero-order valence-electron chi connectivity index (χ0n) is 18.0. The molecule has 168 valence electrons. The summed E-state index contributed by atoms with van der Waals surface area (Å²) in [4.78, 5) is 35.0. The van der Waals surface area contributed by atoms with Gasteiger partial charge in [-0.25, -0.2) is 4.79 Å². The third-order valence-electron chi connectivity index (χ3n) is 5.33. The number of nitrogens with zero attached hydrogens (tertiary/aromatic N) is 2. The average molecular weight is 463 g/mol. The van der Waals surface area contributed by atoms with Gasteiger partial charge in [-0.1, -0.05) is 30.3 Å². The lowest BCUT2D eigenvalue weighted by molar-refractivity contribution is -0.142. The summed E-state index contributed by atoms with van der Waals surface area (Å²) in [7, 11) is 1.28. The minimum absolute atomic E-state index is 0.0450. The number of ether oxygens (including phenoxy) is 1. The second kappa shape index (κ2) is 9.25. The van der Waals surface area contributed by atoms with Crippen LogP contribution in [-0.2, 0) is 16.0 Å². The average Bonchev–Trinajstić information content (AvgIpc) is 3.20. The van der Waals surface area contributed by atoms with Crippen LogP contribution in [0.1, 0.15) is 16.7 Å². The van der Waals surface area contributed by atoms with Gasteiger partial charge < -0.3 is 14.8 Å². The summed E-state index contributed by atoms with van der Waals surface area (Å²) in [5.41, 5.74) is 2.65. The molecule has 0 radical (unpaired) electrons. The van der Waals surface area contributed by atoms with E-state index >= 15 is 0 Å². The number of rotatable bonds is 6. The van der Waals surface area contributed by atoms with E-state index in [1.54, 1.807) is 6.07 Å². The Morgan fingerprint density at radius 3 is 2.82 bits per heavy atom. The van der Waals surface area contributed by atoms with Crippen LogP contribution in [0.4, 0.5) is 0 Å². The Bertz CT molecular complexity index is 1480. The molecular formula is C24H22N4O4S. The van der Waals surface area contributed by atoms with Gasteiger partial charge in [0, 0.05) is 29.7 Å². The third kappa shape index (κ3) is 4.49. The number of methoxy groups -OCH3 is 1. The van der Waals surface area contributed by atoms with E-state index in [1.807, 2.05) is 55.6 Å². The molecule has 4 aromatic rings. The van der Waals surface area contributed by atoms with Crippen molar-refractivity contribution in [3.05, 3.63) is 86.5 Å². The fourth-order valence-electron chi connectivity index (χ4n) is 3.67. The minimum Gasteiger partial charge on any atom is -0.494 e. The maximum Gasteiger partial charge on any atom is 0.330 e. The van der Waals surface area contributed by atoms with E-state index in [1.165, 1.54) is 17.9 Å². The van der Waals surface area contributed by atoms with Gasteiger partial charge in [-0.3, -0.25) is 19.3 Å². The van der Waals surface area contributed by atoms with Gasteiger partial charge in [0.1, 0.15) is 5.56 Å². The van der Waals surface area contributed by atoms with Crippen LogP contribution in [0.2, 0.25) is 0 Å². The second-order valence-electron chi connectivity index (χ2n) is 7.55. The molecule has 9 heteroatoms. The maximum absolute atomic E-state index is 12.5. The first-order chi connectivity index (χ1) is 15.9. The highest BCUT2D eigenvalue weighted by Crippen LogP contribution is 2.22. The number of carbonyl (C=O) groups is 1. The molecule has 0 bridgehead atoms. The number of para-hydroxylation sites is 1. The normalized spacial score (nSPS) is 12.3. The largest absolute Gasteiger partial charge is 0.494 e. The van der Waals surface area contributed by atoms with Gasteiger partial charge >= 0.3 is 5.97 Å². The number of aromatic hydroxyl groups is 1. The quantitative estimate of drug-likeness (QED) is 0.230. The van der Waals surface area contributed by atoms with E-state index in [0.29, 0.717) is 5.69 Å². The van der Waals surface area contributed by atoms with Crippen molar-refractivity contribution < 1.29 is 14.6 Å². The van der Waals surface area contributed by atoms with Crippen LogP contribution in [-0.4, -0.2) is 45.0 Å². The number of hydrogen-bond donors (Lipinski definition) is 3. The van der Waals surface area contributed by atoms with Crippen molar-refractivity contribution in [2.24, 2.45) is 4.99 Å². The van der Waals surface area contributed by atoms with E-state index in [9.17, 15) is 14.7 Å². The maximum atomic E-state index is 12.5. The second-order valence-corrected chi connectivity index (χ2v) is 7.94. The number of H-pyrrole nitrogens is 2. The third-order valence-corrected chi connectivity index (χ3v) is 5.61. The molecule has 2 aromatic heterocycles. The molecule has 0 aliphatic rings. The number of esters is 1. The Labute approximate surface area is 194 Å². The van der Waals surface area contributed by atoms with Crippen molar-refractivity contribution in [3.8, 4) is 11.6 Å². The number of aromatic amines is 2. The number of aromatic nitrogens is 3. The molecule has 0 aliphatic heterocycles. The molecule has 0 aliphatic carbocycles. The Morgan fingerprint density at radius 2 is 2.06 bits per heavy atom. The Balaban J connectivity index is 1.73. The van der Waals surface area contributed by atoms with Crippen molar-refractivity contribution >= 4 is 35.3 Å². The molecule has 8 nitrogen and oxygen atoms in total. The molecular weight excluding hydrogens is 440 g/mol. The lowest BCUT2D eigenvalue weighted by Crippen LogP contribution is -2.24. The molecule has 1 atom stereocenters. The minimum atomic E-state index is -0.913. The van der Waals surface area contributed by atoms with Crippen molar-refractivity contribution in [3.63, 3.8) is 0 Å². The molecule has 0 amide bonds. The molecule has 0 fully saturated rings. The van der Waals surface area contributed by atoms with Gasteiger partial charge in [0.05, 0.1) is 12.8 Å². The number of carbonyl (C=O) groups excluding carboxylic acids is 1. The number of aliphatic imine (C=N–C) groups is 1. The molecule has 0 saturated heterocycles. The predicted octanol–water partition coefficient (Wildman–Crippen LogP) is 3.59. The topological polar surface area (TPSA) is 112 Å². The zero-order valence-corrected chi connectivity index (χ0v) is 18.8. The monoisotopic (exact) mass is 462 g/mol. The summed E-state index contributed by atoms with van der Waals surface area (Å²) in [5.74, 6) is -0.923. The van der Waals surface area contributed by atoms with Crippen LogP contribution in [0.5, 0.6) is 5.88 Å². The summed E-state index contributed by atoms with van der Waals surface area (Å²) in [5, 5.41) is 11.8. The van der Waals surface area contributed by atoms with Gasteiger partial charge in [-0.05, 0) is 48.5 Å². The summed E-state index contributed by atoms with van der Waals surface area (Å²) in [6, 6.07) is 14.1. The summed E-state index contributed by atoms with van der Waals surface area (Å²) >= 11 is 5.26. The van der Waals surface area contributed by atoms with Crippen LogP contribution in [0, 0.1) is 11.7 Å². The standard InChI is InChI=1S/C24H22N4O4S/c1-14-6-5-7-16(10-14)28-22(30)18(21(29)27-24(28)33)13-26-20(23(31)32-2)11-15-12-25-19-9-4-3-8-17(15)19/h3-10,12-13,20,25,30H,11H2,1-2H3,(H,27,29,33)/t20-/m0/s1. The Hall–Kier alpha value is -3.98. The van der Waals surface area contributed by atoms with Gasteiger partial charge in [0.25, 0.3) is 5.56 Å². The number of hydrogen-bond acceptors (Lipinski definition) is 6. The summed E-state index contributed by atoms with van der Waals surface area (Å²) in [6.45, 7) is 1.91. The molecule has 2 aromatic carbocycles. The van der Waals surface area contributed by atoms with E-state index in [2.05, 4.69) is 15.0 Å². The Kier molecular flexibility index (Phi) is 6.23. The molecule has 33 heavy (non-hydrogen) atoms. The van der Waals surface area contributed by atoms with Crippen molar-refractivity contribution in [1.29, 1.82) is 0 Å². The van der Waals surface area contributed by atoms with Crippen molar-refractivity contribution in [2.75, 3.05) is 7.11 Å². The highest BCUT2D eigenvalue weighted by atomic mass is 32.1. The summed E-state index contributed by atoms with van der Waals surface area (Å²) < 4.78 is 6.30. The van der Waals surface area contributed by atoms with Crippen molar-refractivity contribution in [2.45, 2.75) is 19.4 Å². The lowest BCUT2D eigenvalue weighted by Gasteiger charge is -2.13. The zero-order chi connectivity index (χ0) is 23.5. The summed E-state index contributed by atoms with van der Waals surface area (Å²) in [6.07, 6.45) is 3.26. The lowest BCUT2D eigenvalue weighted by atomic mass is 10.1. The van der Waals surface area contributed by atoms with E-state index in [0.717, 1.165) is 22.0 Å². The van der Waals surface area contributed by atoms with E-state index in [-0.39, 0.29) is 22.6 Å². The Morgan fingerprint density at radius 1 is 1.27 bits per heavy atom. The first kappa shape index (κ1) is 22.2. The van der Waals surface area contributed by atoms with Gasteiger partial charge in [-0.15, -0.1) is 0 Å². The SMILES string of the molecule is COC(=O)[C@H](Cc1c[nH]c2ccccc12)N=Cc1c(O)n(-c2cccc(C)c2)c(=S)[nH]c1=O. The van der Waals surface area contributed by atoms with Crippen molar-refractivity contribution in [1.82, 2.24) is 14.5 Å². The van der Waals surface area contributed by atoms with Crippen LogP contribution in [0.3, 0.4) is 0 Å². The van der Waals surface area contributed by atoms with Crippen LogP contribution < -0.4 is 5.56 Å².